The summed E-state index contributed by atoms with van der Waals surface area (Å²) in [6.45, 7) is 4.66. The normalized spacial score (nSPS) is 10.9. The van der Waals surface area contributed by atoms with Crippen molar-refractivity contribution >= 4 is 35.2 Å². The summed E-state index contributed by atoms with van der Waals surface area (Å²) in [5.74, 6) is -0.503. The summed E-state index contributed by atoms with van der Waals surface area (Å²) in [6.07, 6.45) is 4.97. The van der Waals surface area contributed by atoms with E-state index in [2.05, 4.69) is 17.3 Å². The SMILES string of the molecule is CCCCn1nc(C)c(/C=C/C(=O)Nc2ccc(OC)cc2C(=O)OC)c1Cl. The van der Waals surface area contributed by atoms with E-state index in [1.807, 2.05) is 6.92 Å². The number of anilines is 1. The summed E-state index contributed by atoms with van der Waals surface area (Å²) in [5, 5.41) is 7.57. The molecular formula is C20H24ClN3O4. The molecule has 0 spiro atoms. The number of carbonyl (C=O) groups excluding carboxylic acids is 2. The van der Waals surface area contributed by atoms with E-state index in [-0.39, 0.29) is 5.56 Å². The first-order chi connectivity index (χ1) is 13.4. The molecule has 8 heteroatoms. The molecule has 0 bridgehead atoms. The number of methoxy groups -OCH3 is 2. The highest BCUT2D eigenvalue weighted by molar-refractivity contribution is 6.31. The van der Waals surface area contributed by atoms with Crippen LogP contribution in [0.4, 0.5) is 5.69 Å². The molecule has 7 nitrogen and oxygen atoms in total. The monoisotopic (exact) mass is 405 g/mol. The van der Waals surface area contributed by atoms with Crippen LogP contribution in [0, 0.1) is 6.92 Å². The van der Waals surface area contributed by atoms with Gasteiger partial charge in [0.05, 0.1) is 31.2 Å². The highest BCUT2D eigenvalue weighted by atomic mass is 35.5. The van der Waals surface area contributed by atoms with Crippen LogP contribution in [0.5, 0.6) is 5.75 Å². The number of nitrogens with zero attached hydrogens (tertiary/aromatic N) is 2. The molecule has 0 aliphatic carbocycles. The van der Waals surface area contributed by atoms with Gasteiger partial charge in [-0.3, -0.25) is 9.48 Å². The predicted octanol–water partition coefficient (Wildman–Crippen LogP) is 4.09. The van der Waals surface area contributed by atoms with Gasteiger partial charge in [0.15, 0.2) is 0 Å². The van der Waals surface area contributed by atoms with Gasteiger partial charge in [-0.2, -0.15) is 5.10 Å². The first-order valence-corrected chi connectivity index (χ1v) is 9.27. The van der Waals surface area contributed by atoms with Crippen LogP contribution < -0.4 is 10.1 Å². The van der Waals surface area contributed by atoms with Crippen LogP contribution >= 0.6 is 11.6 Å². The van der Waals surface area contributed by atoms with Gasteiger partial charge in [-0.05, 0) is 37.6 Å². The van der Waals surface area contributed by atoms with Crippen molar-refractivity contribution in [2.24, 2.45) is 0 Å². The minimum absolute atomic E-state index is 0.199. The molecule has 1 amide bonds. The van der Waals surface area contributed by atoms with E-state index in [0.29, 0.717) is 22.2 Å². The second-order valence-corrected chi connectivity index (χ2v) is 6.45. The highest BCUT2D eigenvalue weighted by Gasteiger charge is 2.15. The second-order valence-electron chi connectivity index (χ2n) is 6.09. The van der Waals surface area contributed by atoms with Crippen LogP contribution in [-0.4, -0.2) is 35.9 Å². The lowest BCUT2D eigenvalue weighted by Gasteiger charge is -2.10. The maximum atomic E-state index is 12.4. The Kier molecular flexibility index (Phi) is 7.63. The molecule has 1 heterocycles. The number of aromatic nitrogens is 2. The number of nitrogens with one attached hydrogen (secondary N) is 1. The average Bonchev–Trinajstić information content (AvgIpc) is 2.97. The summed E-state index contributed by atoms with van der Waals surface area (Å²) >= 11 is 6.37. The molecule has 1 aromatic heterocycles. The van der Waals surface area contributed by atoms with Crippen LogP contribution in [-0.2, 0) is 16.1 Å². The van der Waals surface area contributed by atoms with Gasteiger partial charge >= 0.3 is 5.97 Å². The van der Waals surface area contributed by atoms with E-state index in [9.17, 15) is 9.59 Å². The fourth-order valence-electron chi connectivity index (χ4n) is 2.58. The lowest BCUT2D eigenvalue weighted by Crippen LogP contribution is -2.13. The van der Waals surface area contributed by atoms with Crippen molar-refractivity contribution < 1.29 is 19.1 Å². The zero-order valence-electron chi connectivity index (χ0n) is 16.4. The number of carbonyl (C=O) groups is 2. The third-order valence-electron chi connectivity index (χ3n) is 4.12. The number of ether oxygens (including phenoxy) is 2. The lowest BCUT2D eigenvalue weighted by atomic mass is 10.1. The maximum Gasteiger partial charge on any atom is 0.340 e. The number of rotatable bonds is 8. The van der Waals surface area contributed by atoms with Crippen molar-refractivity contribution in [3.63, 3.8) is 0 Å². The third kappa shape index (κ3) is 5.13. The summed E-state index contributed by atoms with van der Waals surface area (Å²) in [6, 6.07) is 4.73. The van der Waals surface area contributed by atoms with Crippen LogP contribution in [0.25, 0.3) is 6.08 Å². The maximum absolute atomic E-state index is 12.4. The predicted molar refractivity (Wildman–Crippen MR) is 109 cm³/mol. The fraction of sp³-hybridized carbons (Fsp3) is 0.350. The van der Waals surface area contributed by atoms with Crippen LogP contribution in [0.15, 0.2) is 24.3 Å². The van der Waals surface area contributed by atoms with E-state index in [4.69, 9.17) is 21.1 Å². The number of hydrogen-bond donors (Lipinski definition) is 1. The molecule has 28 heavy (non-hydrogen) atoms. The number of aryl methyl sites for hydroxylation is 2. The smallest absolute Gasteiger partial charge is 0.340 e. The molecule has 0 unspecified atom stereocenters. The quantitative estimate of drug-likeness (QED) is 0.528. The summed E-state index contributed by atoms with van der Waals surface area (Å²) < 4.78 is 11.6. The highest BCUT2D eigenvalue weighted by Crippen LogP contribution is 2.24. The molecule has 1 N–H and O–H groups in total. The number of halogens is 1. The number of unbranched alkanes of at least 4 members (excludes halogenated alkanes) is 1. The van der Waals surface area contributed by atoms with Crippen molar-refractivity contribution in [3.05, 3.63) is 46.2 Å². The topological polar surface area (TPSA) is 82.5 Å². The molecule has 2 rings (SSSR count). The van der Waals surface area contributed by atoms with Gasteiger partial charge in [0.2, 0.25) is 5.91 Å². The number of amides is 1. The van der Waals surface area contributed by atoms with Crippen LogP contribution in [0.2, 0.25) is 5.15 Å². The Bertz CT molecular complexity index is 890. The minimum atomic E-state index is -0.575. The van der Waals surface area contributed by atoms with Gasteiger partial charge in [-0.25, -0.2) is 4.79 Å². The molecule has 0 saturated heterocycles. The van der Waals surface area contributed by atoms with E-state index in [1.54, 1.807) is 22.9 Å². The standard InChI is InChI=1S/C20H24ClN3O4/c1-5-6-11-24-19(21)15(13(2)23-24)8-10-18(25)22-17-9-7-14(27-3)12-16(17)20(26)28-4/h7-10,12H,5-6,11H2,1-4H3,(H,22,25)/b10-8+. The fourth-order valence-corrected chi connectivity index (χ4v) is 2.91. The van der Waals surface area contributed by atoms with Crippen molar-refractivity contribution in [1.29, 1.82) is 0 Å². The third-order valence-corrected chi connectivity index (χ3v) is 4.52. The zero-order chi connectivity index (χ0) is 20.7. The molecular weight excluding hydrogens is 382 g/mol. The van der Waals surface area contributed by atoms with E-state index in [1.165, 1.54) is 26.4 Å². The van der Waals surface area contributed by atoms with Crippen molar-refractivity contribution in [2.45, 2.75) is 33.2 Å². The molecule has 2 aromatic rings. The lowest BCUT2D eigenvalue weighted by molar-refractivity contribution is -0.111. The van der Waals surface area contributed by atoms with Crippen LogP contribution in [0.1, 0.15) is 41.4 Å². The van der Waals surface area contributed by atoms with E-state index < -0.39 is 11.9 Å². The molecule has 0 radical (unpaired) electrons. The molecule has 0 aliphatic rings. The van der Waals surface area contributed by atoms with Crippen LogP contribution in [0.3, 0.4) is 0 Å². The van der Waals surface area contributed by atoms with Crippen molar-refractivity contribution in [1.82, 2.24) is 9.78 Å². The molecule has 0 atom stereocenters. The Morgan fingerprint density at radius 3 is 2.71 bits per heavy atom. The largest absolute Gasteiger partial charge is 0.497 e. The summed E-state index contributed by atoms with van der Waals surface area (Å²) in [5.41, 5.74) is 1.95. The molecule has 0 saturated carbocycles. The van der Waals surface area contributed by atoms with Gasteiger partial charge < -0.3 is 14.8 Å². The molecule has 0 aliphatic heterocycles. The van der Waals surface area contributed by atoms with Crippen molar-refractivity contribution in [2.75, 3.05) is 19.5 Å². The van der Waals surface area contributed by atoms with Gasteiger partial charge in [-0.1, -0.05) is 24.9 Å². The average molecular weight is 406 g/mol. The summed E-state index contributed by atoms with van der Waals surface area (Å²) in [7, 11) is 2.76. The Hall–Kier alpha value is -2.80. The van der Waals surface area contributed by atoms with Gasteiger partial charge in [0, 0.05) is 18.2 Å². The zero-order valence-corrected chi connectivity index (χ0v) is 17.2. The molecule has 0 fully saturated rings. The molecule has 150 valence electrons. The minimum Gasteiger partial charge on any atom is -0.497 e. The number of esters is 1. The van der Waals surface area contributed by atoms with E-state index >= 15 is 0 Å². The Morgan fingerprint density at radius 1 is 1.32 bits per heavy atom. The van der Waals surface area contributed by atoms with Crippen molar-refractivity contribution in [3.8, 4) is 5.75 Å². The Labute approximate surface area is 169 Å². The first-order valence-electron chi connectivity index (χ1n) is 8.89. The number of hydrogen-bond acceptors (Lipinski definition) is 5. The van der Waals surface area contributed by atoms with Gasteiger partial charge in [0.25, 0.3) is 0 Å². The Morgan fingerprint density at radius 2 is 2.07 bits per heavy atom. The van der Waals surface area contributed by atoms with E-state index in [0.717, 1.165) is 25.1 Å². The molecule has 1 aromatic carbocycles. The Balaban J connectivity index is 2.19. The summed E-state index contributed by atoms with van der Waals surface area (Å²) in [4.78, 5) is 24.3. The first kappa shape index (κ1) is 21.5. The second kappa shape index (κ2) is 9.94. The van der Waals surface area contributed by atoms with Gasteiger partial charge in [-0.15, -0.1) is 0 Å². The van der Waals surface area contributed by atoms with Gasteiger partial charge in [0.1, 0.15) is 10.9 Å². The number of benzene rings is 1.